The van der Waals surface area contributed by atoms with Crippen LogP contribution in [0.4, 0.5) is 0 Å². The van der Waals surface area contributed by atoms with E-state index in [1.54, 1.807) is 0 Å². The molecule has 20 heavy (non-hydrogen) atoms. The van der Waals surface area contributed by atoms with Gasteiger partial charge in [-0.15, -0.1) is 0 Å². The molecule has 0 spiro atoms. The van der Waals surface area contributed by atoms with Crippen molar-refractivity contribution in [3.63, 3.8) is 0 Å². The van der Waals surface area contributed by atoms with Crippen molar-refractivity contribution in [1.29, 1.82) is 0 Å². The fourth-order valence-electron chi connectivity index (χ4n) is 2.92. The first-order valence-electron chi connectivity index (χ1n) is 9.44. The molecule has 0 heteroatoms. The van der Waals surface area contributed by atoms with Gasteiger partial charge in [0.15, 0.2) is 0 Å². The van der Waals surface area contributed by atoms with Crippen LogP contribution >= 0.6 is 0 Å². The number of rotatable bonds is 10. The van der Waals surface area contributed by atoms with Crippen LogP contribution in [-0.2, 0) is 0 Å². The van der Waals surface area contributed by atoms with Gasteiger partial charge >= 0.3 is 0 Å². The molecule has 124 valence electrons. The van der Waals surface area contributed by atoms with Crippen molar-refractivity contribution in [3.05, 3.63) is 0 Å². The quantitative estimate of drug-likeness (QED) is 0.388. The van der Waals surface area contributed by atoms with Gasteiger partial charge in [0, 0.05) is 0 Å². The molecule has 0 radical (unpaired) electrons. The average molecular weight is 285 g/mol. The van der Waals surface area contributed by atoms with Crippen LogP contribution in [0.2, 0.25) is 0 Å². The van der Waals surface area contributed by atoms with Gasteiger partial charge < -0.3 is 0 Å². The third-order valence-electron chi connectivity index (χ3n) is 5.10. The molecule has 0 fully saturated rings. The lowest BCUT2D eigenvalue weighted by atomic mass is 9.78. The van der Waals surface area contributed by atoms with E-state index in [0.717, 1.165) is 29.6 Å². The number of hydrogen-bond donors (Lipinski definition) is 0. The van der Waals surface area contributed by atoms with E-state index < -0.39 is 0 Å². The summed E-state index contributed by atoms with van der Waals surface area (Å²) in [5, 5.41) is 0. The largest absolute Gasteiger partial charge is 0.0683 e. The summed E-state index contributed by atoms with van der Waals surface area (Å²) < 4.78 is 0. The molecule has 0 aromatic rings. The molecule has 0 bridgehead atoms. The predicted molar refractivity (Wildman–Crippen MR) is 96.2 cm³/mol. The maximum Gasteiger partial charge on any atom is -0.0406 e. The van der Waals surface area contributed by atoms with Gasteiger partial charge in [0.2, 0.25) is 0 Å². The van der Waals surface area contributed by atoms with E-state index in [9.17, 15) is 0 Å². The van der Waals surface area contributed by atoms with E-state index in [4.69, 9.17) is 0 Å². The maximum absolute atomic E-state index is 2.45. The molecular formula is C20H44. The van der Waals surface area contributed by atoms with E-state index in [1.165, 1.54) is 38.5 Å². The van der Waals surface area contributed by atoms with Crippen molar-refractivity contribution in [2.75, 3.05) is 0 Å². The van der Waals surface area contributed by atoms with Crippen molar-refractivity contribution in [1.82, 2.24) is 0 Å². The second-order valence-corrected chi connectivity index (χ2v) is 6.99. The van der Waals surface area contributed by atoms with Crippen molar-refractivity contribution in [2.45, 2.75) is 101 Å². The Bertz CT molecular complexity index is 174. The minimum atomic E-state index is 0.839. The second kappa shape index (κ2) is 14.0. The third kappa shape index (κ3) is 10.7. The first kappa shape index (κ1) is 22.3. The SMILES string of the molecule is CC.CCC(C)CC(CC(CC)CC)CC(C)C(C)C. The Kier molecular flexibility index (Phi) is 15.6. The zero-order valence-electron chi connectivity index (χ0n) is 16.1. The van der Waals surface area contributed by atoms with Gasteiger partial charge in [-0.3, -0.25) is 0 Å². The zero-order chi connectivity index (χ0) is 16.1. The molecular weight excluding hydrogens is 240 g/mol. The molecule has 3 unspecified atom stereocenters. The first-order valence-corrected chi connectivity index (χ1v) is 9.44. The average Bonchev–Trinajstić information content (AvgIpc) is 2.46. The van der Waals surface area contributed by atoms with Crippen LogP contribution in [0.3, 0.4) is 0 Å². The fourth-order valence-corrected chi connectivity index (χ4v) is 2.92. The molecule has 0 saturated heterocycles. The molecule has 0 amide bonds. The summed E-state index contributed by atoms with van der Waals surface area (Å²) in [4.78, 5) is 0. The van der Waals surface area contributed by atoms with E-state index in [-0.39, 0.29) is 0 Å². The first-order chi connectivity index (χ1) is 9.44. The van der Waals surface area contributed by atoms with E-state index in [0.29, 0.717) is 0 Å². The van der Waals surface area contributed by atoms with Gasteiger partial charge in [-0.05, 0) is 48.9 Å². The standard InChI is InChI=1S/C18H38.C2H6/c1-8-15(6)11-18(12-16(7)14(4)5)13-17(9-2)10-3;1-2/h14-18H,8-13H2,1-7H3;1-2H3. The van der Waals surface area contributed by atoms with Crippen LogP contribution in [0, 0.1) is 29.6 Å². The van der Waals surface area contributed by atoms with Gasteiger partial charge in [0.1, 0.15) is 0 Å². The normalized spacial score (nSPS) is 15.8. The summed E-state index contributed by atoms with van der Waals surface area (Å²) in [7, 11) is 0. The van der Waals surface area contributed by atoms with Crippen molar-refractivity contribution in [3.8, 4) is 0 Å². The molecule has 0 aromatic heterocycles. The molecule has 0 aliphatic carbocycles. The minimum absolute atomic E-state index is 0.839. The molecule has 0 nitrogen and oxygen atoms in total. The van der Waals surface area contributed by atoms with E-state index >= 15 is 0 Å². The molecule has 0 rings (SSSR count). The summed E-state index contributed by atoms with van der Waals surface area (Å²) in [5.74, 6) is 4.55. The predicted octanol–water partition coefficient (Wildman–Crippen LogP) is 7.57. The van der Waals surface area contributed by atoms with Crippen molar-refractivity contribution < 1.29 is 0 Å². The van der Waals surface area contributed by atoms with Crippen molar-refractivity contribution in [2.24, 2.45) is 29.6 Å². The van der Waals surface area contributed by atoms with Crippen molar-refractivity contribution >= 4 is 0 Å². The Morgan fingerprint density at radius 3 is 1.45 bits per heavy atom. The monoisotopic (exact) mass is 284 g/mol. The van der Waals surface area contributed by atoms with Crippen LogP contribution in [0.25, 0.3) is 0 Å². The molecule has 0 N–H and O–H groups in total. The Hall–Kier alpha value is 0. The third-order valence-corrected chi connectivity index (χ3v) is 5.10. The molecule has 0 aromatic carbocycles. The Balaban J connectivity index is 0. The molecule has 0 aliphatic rings. The van der Waals surface area contributed by atoms with E-state index in [1.807, 2.05) is 13.8 Å². The lowest BCUT2D eigenvalue weighted by Crippen LogP contribution is -2.17. The Labute approximate surface area is 131 Å². The smallest absolute Gasteiger partial charge is 0.0406 e. The highest BCUT2D eigenvalue weighted by Crippen LogP contribution is 2.32. The second-order valence-electron chi connectivity index (χ2n) is 6.99. The summed E-state index contributed by atoms with van der Waals surface area (Å²) >= 11 is 0. The van der Waals surface area contributed by atoms with Gasteiger partial charge in [-0.2, -0.15) is 0 Å². The van der Waals surface area contributed by atoms with Crippen LogP contribution < -0.4 is 0 Å². The van der Waals surface area contributed by atoms with Crippen LogP contribution in [0.15, 0.2) is 0 Å². The highest BCUT2D eigenvalue weighted by Gasteiger charge is 2.20. The summed E-state index contributed by atoms with van der Waals surface area (Å²) in [6.07, 6.45) is 8.43. The topological polar surface area (TPSA) is 0 Å². The lowest BCUT2D eigenvalue weighted by Gasteiger charge is -2.28. The molecule has 0 heterocycles. The summed E-state index contributed by atoms with van der Waals surface area (Å²) in [6, 6.07) is 0. The van der Waals surface area contributed by atoms with Gasteiger partial charge in [-0.1, -0.05) is 81.6 Å². The summed E-state index contributed by atoms with van der Waals surface area (Å²) in [5.41, 5.74) is 0. The van der Waals surface area contributed by atoms with Crippen LogP contribution in [0.5, 0.6) is 0 Å². The Morgan fingerprint density at radius 1 is 0.600 bits per heavy atom. The van der Waals surface area contributed by atoms with E-state index in [2.05, 4.69) is 48.5 Å². The van der Waals surface area contributed by atoms with Crippen LogP contribution in [0.1, 0.15) is 101 Å². The number of hydrogen-bond acceptors (Lipinski definition) is 0. The highest BCUT2D eigenvalue weighted by molar-refractivity contribution is 4.71. The maximum atomic E-state index is 2.45. The molecule has 0 aliphatic heterocycles. The zero-order valence-corrected chi connectivity index (χ0v) is 16.1. The van der Waals surface area contributed by atoms with Gasteiger partial charge in [0.25, 0.3) is 0 Å². The highest BCUT2D eigenvalue weighted by atomic mass is 14.3. The molecule has 3 atom stereocenters. The molecule has 0 saturated carbocycles. The van der Waals surface area contributed by atoms with Gasteiger partial charge in [0.05, 0.1) is 0 Å². The lowest BCUT2D eigenvalue weighted by molar-refractivity contribution is 0.232. The van der Waals surface area contributed by atoms with Gasteiger partial charge in [-0.25, -0.2) is 0 Å². The Morgan fingerprint density at radius 2 is 1.10 bits per heavy atom. The minimum Gasteiger partial charge on any atom is -0.0683 e. The fraction of sp³-hybridized carbons (Fsp3) is 1.00. The van der Waals surface area contributed by atoms with Crippen LogP contribution in [-0.4, -0.2) is 0 Å². The summed E-state index contributed by atoms with van der Waals surface area (Å²) in [6.45, 7) is 20.7.